The van der Waals surface area contributed by atoms with Gasteiger partial charge >= 0.3 is 0 Å². The van der Waals surface area contributed by atoms with Gasteiger partial charge < -0.3 is 14.8 Å². The predicted octanol–water partition coefficient (Wildman–Crippen LogP) is 1.27. The van der Waals surface area contributed by atoms with Crippen molar-refractivity contribution in [2.24, 2.45) is 13.0 Å². The molecule has 106 valence electrons. The highest BCUT2D eigenvalue weighted by molar-refractivity contribution is 5.90. The lowest BCUT2D eigenvalue weighted by Crippen LogP contribution is -2.40. The van der Waals surface area contributed by atoms with Crippen LogP contribution in [-0.2, 0) is 7.05 Å². The van der Waals surface area contributed by atoms with Crippen molar-refractivity contribution in [3.63, 3.8) is 0 Å². The zero-order valence-electron chi connectivity index (χ0n) is 11.9. The minimum atomic E-state index is 0.0629. The van der Waals surface area contributed by atoms with E-state index in [1.54, 1.807) is 10.8 Å². The number of carbonyl (C=O) groups excluding carboxylic acids is 1. The fourth-order valence-electron chi connectivity index (χ4n) is 2.63. The van der Waals surface area contributed by atoms with Crippen molar-refractivity contribution >= 4 is 5.91 Å². The summed E-state index contributed by atoms with van der Waals surface area (Å²) in [4.78, 5) is 18.7. The molecule has 1 aliphatic rings. The van der Waals surface area contributed by atoms with Gasteiger partial charge in [0.1, 0.15) is 0 Å². The van der Waals surface area contributed by atoms with Crippen molar-refractivity contribution in [3.8, 4) is 0 Å². The molecule has 1 saturated heterocycles. The minimum absolute atomic E-state index is 0.0629. The monoisotopic (exact) mass is 264 g/mol. The number of hydrogen-bond donors (Lipinski definition) is 1. The van der Waals surface area contributed by atoms with Crippen LogP contribution in [-0.4, -0.2) is 46.5 Å². The summed E-state index contributed by atoms with van der Waals surface area (Å²) in [5.41, 5.74) is 0. The molecule has 1 aromatic heterocycles. The number of nitrogens with one attached hydrogen (secondary N) is 1. The first-order valence-electron chi connectivity index (χ1n) is 7.19. The average Bonchev–Trinajstić information content (AvgIpc) is 2.85. The first-order chi connectivity index (χ1) is 9.22. The Morgan fingerprint density at radius 2 is 2.26 bits per heavy atom. The topological polar surface area (TPSA) is 50.2 Å². The van der Waals surface area contributed by atoms with Crippen LogP contribution in [0.1, 0.15) is 36.8 Å². The Balaban J connectivity index is 2.02. The fraction of sp³-hybridized carbons (Fsp3) is 0.714. The van der Waals surface area contributed by atoms with Crippen LogP contribution in [0.2, 0.25) is 0 Å². The first kappa shape index (κ1) is 14.1. The molecule has 0 spiro atoms. The number of hydrogen-bond acceptors (Lipinski definition) is 3. The lowest BCUT2D eigenvalue weighted by molar-refractivity contribution is 0.0700. The molecular formula is C14H24N4O. The van der Waals surface area contributed by atoms with Crippen LogP contribution >= 0.6 is 0 Å². The smallest absolute Gasteiger partial charge is 0.289 e. The van der Waals surface area contributed by atoms with Crippen molar-refractivity contribution in [1.29, 1.82) is 0 Å². The molecule has 0 saturated carbocycles. The maximum Gasteiger partial charge on any atom is 0.289 e. The van der Waals surface area contributed by atoms with E-state index in [1.165, 1.54) is 0 Å². The Kier molecular flexibility index (Phi) is 4.96. The molecule has 0 atom stereocenters. The number of rotatable bonds is 5. The highest BCUT2D eigenvalue weighted by Gasteiger charge is 2.23. The van der Waals surface area contributed by atoms with E-state index in [1.807, 2.05) is 18.1 Å². The molecule has 0 aliphatic carbocycles. The molecule has 2 heterocycles. The van der Waals surface area contributed by atoms with Crippen molar-refractivity contribution in [1.82, 2.24) is 19.8 Å². The molecule has 0 aromatic carbocycles. The van der Waals surface area contributed by atoms with Crippen LogP contribution in [0.3, 0.4) is 0 Å². The average molecular weight is 264 g/mol. The number of aryl methyl sites for hydroxylation is 1. The molecule has 1 aliphatic heterocycles. The second-order valence-corrected chi connectivity index (χ2v) is 5.31. The summed E-state index contributed by atoms with van der Waals surface area (Å²) in [5, 5.41) is 3.37. The van der Waals surface area contributed by atoms with Gasteiger partial charge in [-0.1, -0.05) is 6.92 Å². The quantitative estimate of drug-likeness (QED) is 0.871. The van der Waals surface area contributed by atoms with Gasteiger partial charge in [0, 0.05) is 32.5 Å². The maximum absolute atomic E-state index is 12.5. The van der Waals surface area contributed by atoms with Gasteiger partial charge in [-0.05, 0) is 38.3 Å². The van der Waals surface area contributed by atoms with Crippen LogP contribution in [0.15, 0.2) is 12.4 Å². The zero-order valence-corrected chi connectivity index (χ0v) is 11.9. The predicted molar refractivity (Wildman–Crippen MR) is 75.0 cm³/mol. The first-order valence-corrected chi connectivity index (χ1v) is 7.19. The second kappa shape index (κ2) is 6.70. The van der Waals surface area contributed by atoms with Crippen LogP contribution in [0.4, 0.5) is 0 Å². The summed E-state index contributed by atoms with van der Waals surface area (Å²) >= 11 is 0. The van der Waals surface area contributed by atoms with Gasteiger partial charge in [-0.2, -0.15) is 0 Å². The molecule has 0 unspecified atom stereocenters. The zero-order chi connectivity index (χ0) is 13.7. The molecule has 1 amide bonds. The summed E-state index contributed by atoms with van der Waals surface area (Å²) in [5.74, 6) is 1.23. The largest absolute Gasteiger partial charge is 0.336 e. The summed E-state index contributed by atoms with van der Waals surface area (Å²) in [6.07, 6.45) is 6.81. The third-order valence-electron chi connectivity index (χ3n) is 3.73. The summed E-state index contributed by atoms with van der Waals surface area (Å²) in [6.45, 7) is 5.93. The normalized spacial score (nSPS) is 16.5. The highest BCUT2D eigenvalue weighted by atomic mass is 16.2. The number of amides is 1. The number of nitrogens with zero attached hydrogens (tertiary/aromatic N) is 3. The van der Waals surface area contributed by atoms with Crippen molar-refractivity contribution < 1.29 is 4.79 Å². The van der Waals surface area contributed by atoms with Crippen LogP contribution in [0.25, 0.3) is 0 Å². The molecule has 5 nitrogen and oxygen atoms in total. The van der Waals surface area contributed by atoms with E-state index in [2.05, 4.69) is 17.2 Å². The Labute approximate surface area is 115 Å². The Morgan fingerprint density at radius 3 is 2.84 bits per heavy atom. The van der Waals surface area contributed by atoms with Crippen LogP contribution in [0, 0.1) is 5.92 Å². The molecular weight excluding hydrogens is 240 g/mol. The summed E-state index contributed by atoms with van der Waals surface area (Å²) in [6, 6.07) is 0. The van der Waals surface area contributed by atoms with Crippen LogP contribution < -0.4 is 5.32 Å². The fourth-order valence-corrected chi connectivity index (χ4v) is 2.63. The van der Waals surface area contributed by atoms with Gasteiger partial charge in [0.25, 0.3) is 5.91 Å². The Morgan fingerprint density at radius 1 is 1.53 bits per heavy atom. The van der Waals surface area contributed by atoms with Gasteiger partial charge in [0.2, 0.25) is 0 Å². The van der Waals surface area contributed by atoms with Crippen LogP contribution in [0.5, 0.6) is 0 Å². The number of imidazole rings is 1. The SMILES string of the molecule is CCCN(CC1CCNCC1)C(=O)c1nccn1C. The molecule has 0 radical (unpaired) electrons. The molecule has 5 heteroatoms. The standard InChI is InChI=1S/C14H24N4O/c1-3-9-18(11-12-4-6-15-7-5-12)14(19)13-16-8-10-17(13)2/h8,10,12,15H,3-7,9,11H2,1-2H3. The van der Waals surface area contributed by atoms with E-state index in [0.29, 0.717) is 11.7 Å². The molecule has 19 heavy (non-hydrogen) atoms. The van der Waals surface area contributed by atoms with E-state index in [4.69, 9.17) is 0 Å². The number of aromatic nitrogens is 2. The lowest BCUT2D eigenvalue weighted by Gasteiger charge is -2.29. The Bertz CT molecular complexity index is 409. The molecule has 1 aromatic rings. The minimum Gasteiger partial charge on any atom is -0.336 e. The molecule has 1 fully saturated rings. The highest BCUT2D eigenvalue weighted by Crippen LogP contribution is 2.15. The van der Waals surface area contributed by atoms with E-state index in [-0.39, 0.29) is 5.91 Å². The molecule has 2 rings (SSSR count). The third kappa shape index (κ3) is 3.56. The van der Waals surface area contributed by atoms with Gasteiger partial charge in [-0.3, -0.25) is 4.79 Å². The Hall–Kier alpha value is -1.36. The van der Waals surface area contributed by atoms with E-state index in [9.17, 15) is 4.79 Å². The van der Waals surface area contributed by atoms with Gasteiger partial charge in [0.15, 0.2) is 5.82 Å². The maximum atomic E-state index is 12.5. The summed E-state index contributed by atoms with van der Waals surface area (Å²) < 4.78 is 1.80. The van der Waals surface area contributed by atoms with Crippen molar-refractivity contribution in [2.45, 2.75) is 26.2 Å². The number of carbonyl (C=O) groups is 1. The van der Waals surface area contributed by atoms with Gasteiger partial charge in [0.05, 0.1) is 0 Å². The van der Waals surface area contributed by atoms with Gasteiger partial charge in [-0.25, -0.2) is 4.98 Å². The molecule has 1 N–H and O–H groups in total. The number of piperidine rings is 1. The van der Waals surface area contributed by atoms with E-state index >= 15 is 0 Å². The lowest BCUT2D eigenvalue weighted by atomic mass is 9.97. The molecule has 0 bridgehead atoms. The van der Waals surface area contributed by atoms with Gasteiger partial charge in [-0.15, -0.1) is 0 Å². The van der Waals surface area contributed by atoms with Crippen molar-refractivity contribution in [3.05, 3.63) is 18.2 Å². The van der Waals surface area contributed by atoms with E-state index in [0.717, 1.165) is 45.4 Å². The van der Waals surface area contributed by atoms with Crippen molar-refractivity contribution in [2.75, 3.05) is 26.2 Å². The second-order valence-electron chi connectivity index (χ2n) is 5.31. The summed E-state index contributed by atoms with van der Waals surface area (Å²) in [7, 11) is 1.87. The van der Waals surface area contributed by atoms with E-state index < -0.39 is 0 Å². The third-order valence-corrected chi connectivity index (χ3v) is 3.73.